The molecule has 0 unspecified atom stereocenters. The highest BCUT2D eigenvalue weighted by atomic mass is 16.5. The molecular formula is C20H24N7O2+. The Balaban J connectivity index is 1.49. The average molecular weight is 394 g/mol. The summed E-state index contributed by atoms with van der Waals surface area (Å²) in [4.78, 5) is 12.5. The van der Waals surface area contributed by atoms with E-state index in [4.69, 9.17) is 4.74 Å². The van der Waals surface area contributed by atoms with Gasteiger partial charge in [0.25, 0.3) is 0 Å². The van der Waals surface area contributed by atoms with E-state index in [-0.39, 0.29) is 6.04 Å². The Bertz CT molecular complexity index is 1170. The molecule has 5 rings (SSSR count). The molecule has 3 N–H and O–H groups in total. The minimum absolute atomic E-state index is 0.243. The number of ether oxygens (including phenoxy) is 1. The molecule has 1 saturated carbocycles. The van der Waals surface area contributed by atoms with Crippen LogP contribution in [0.15, 0.2) is 37.1 Å². The Morgan fingerprint density at radius 1 is 1.34 bits per heavy atom. The van der Waals surface area contributed by atoms with Gasteiger partial charge in [-0.1, -0.05) is 0 Å². The van der Waals surface area contributed by atoms with Gasteiger partial charge in [0.05, 0.1) is 30.5 Å². The summed E-state index contributed by atoms with van der Waals surface area (Å²) in [6, 6.07) is 2.24. The van der Waals surface area contributed by atoms with Crippen LogP contribution in [0.25, 0.3) is 22.2 Å². The number of H-pyrrole nitrogens is 1. The van der Waals surface area contributed by atoms with Gasteiger partial charge in [0.15, 0.2) is 0 Å². The normalized spacial score (nSPS) is 22.2. The molecule has 150 valence electrons. The monoisotopic (exact) mass is 394 g/mol. The molecule has 0 amide bonds. The van der Waals surface area contributed by atoms with Crippen molar-refractivity contribution in [3.63, 3.8) is 0 Å². The van der Waals surface area contributed by atoms with Crippen molar-refractivity contribution < 1.29 is 14.5 Å². The summed E-state index contributed by atoms with van der Waals surface area (Å²) in [6.07, 6.45) is 12.7. The van der Waals surface area contributed by atoms with E-state index in [1.54, 1.807) is 17.9 Å². The van der Waals surface area contributed by atoms with Gasteiger partial charge >= 0.3 is 0 Å². The SMILES string of the molecule is COc1nc(N[C@H]2CC[C@@](C)(O)CC2)nc2[nH]cc(-c3cc[n+]4nccn4c3)c12. The van der Waals surface area contributed by atoms with E-state index >= 15 is 0 Å². The maximum Gasteiger partial charge on any atom is 0.232 e. The van der Waals surface area contributed by atoms with Crippen molar-refractivity contribution in [1.82, 2.24) is 24.6 Å². The number of aromatic nitrogens is 6. The molecular weight excluding hydrogens is 370 g/mol. The largest absolute Gasteiger partial charge is 0.480 e. The molecule has 9 heteroatoms. The van der Waals surface area contributed by atoms with Crippen LogP contribution in [-0.2, 0) is 0 Å². The van der Waals surface area contributed by atoms with Crippen molar-refractivity contribution in [2.24, 2.45) is 0 Å². The number of hydrogen-bond donors (Lipinski definition) is 3. The van der Waals surface area contributed by atoms with Crippen LogP contribution < -0.4 is 14.7 Å². The Hall–Kier alpha value is -3.20. The minimum Gasteiger partial charge on any atom is -0.480 e. The maximum absolute atomic E-state index is 10.2. The van der Waals surface area contributed by atoms with Gasteiger partial charge in [0, 0.05) is 39.2 Å². The molecule has 4 heterocycles. The Kier molecular flexibility index (Phi) is 4.13. The van der Waals surface area contributed by atoms with Crippen LogP contribution >= 0.6 is 0 Å². The lowest BCUT2D eigenvalue weighted by Gasteiger charge is -2.33. The molecule has 0 aliphatic heterocycles. The zero-order valence-electron chi connectivity index (χ0n) is 16.5. The van der Waals surface area contributed by atoms with Crippen molar-refractivity contribution in [2.45, 2.75) is 44.2 Å². The van der Waals surface area contributed by atoms with Crippen LogP contribution in [-0.4, -0.2) is 48.4 Å². The zero-order valence-corrected chi connectivity index (χ0v) is 16.5. The van der Waals surface area contributed by atoms with E-state index in [1.807, 2.05) is 42.3 Å². The third kappa shape index (κ3) is 3.27. The first kappa shape index (κ1) is 17.9. The number of hydrogen-bond acceptors (Lipinski definition) is 6. The number of rotatable bonds is 4. The van der Waals surface area contributed by atoms with E-state index in [9.17, 15) is 5.11 Å². The quantitative estimate of drug-likeness (QED) is 0.457. The van der Waals surface area contributed by atoms with Gasteiger partial charge in [-0.25, -0.2) is 0 Å². The molecule has 29 heavy (non-hydrogen) atoms. The summed E-state index contributed by atoms with van der Waals surface area (Å²) in [5, 5.41) is 18.6. The van der Waals surface area contributed by atoms with E-state index in [2.05, 4.69) is 25.4 Å². The van der Waals surface area contributed by atoms with E-state index in [1.165, 1.54) is 0 Å². The molecule has 9 nitrogen and oxygen atoms in total. The van der Waals surface area contributed by atoms with Gasteiger partial charge in [-0.15, -0.1) is 4.52 Å². The molecule has 4 aromatic heterocycles. The highest BCUT2D eigenvalue weighted by Crippen LogP contribution is 2.34. The van der Waals surface area contributed by atoms with Gasteiger partial charge in [0.1, 0.15) is 11.8 Å². The van der Waals surface area contributed by atoms with E-state index < -0.39 is 5.60 Å². The molecule has 0 atom stereocenters. The number of aliphatic hydroxyl groups is 1. The number of fused-ring (bicyclic) bond motifs is 2. The molecule has 1 aliphatic rings. The van der Waals surface area contributed by atoms with E-state index in [0.29, 0.717) is 11.8 Å². The fraction of sp³-hybridized carbons (Fsp3) is 0.400. The van der Waals surface area contributed by atoms with E-state index in [0.717, 1.165) is 47.8 Å². The lowest BCUT2D eigenvalue weighted by atomic mass is 9.84. The Labute approximate surface area is 167 Å². The standard InChI is InChI=1S/C20H23N7O2/c1-20(28)6-3-14(4-7-20)23-19-24-17-16(18(25-19)29-2)15(11-21-17)13-5-9-27-22-8-10-26(27)12-13/h5,8-12,14,22,28H,3-4,6-7H2,1-2H3/p+1/t14-,20+. The predicted octanol–water partition coefficient (Wildman–Crippen LogP) is 1.97. The van der Waals surface area contributed by atoms with Crippen LogP contribution in [0.3, 0.4) is 0 Å². The van der Waals surface area contributed by atoms with Crippen molar-refractivity contribution >= 4 is 17.0 Å². The topological polar surface area (TPSA) is 104 Å². The first-order valence-electron chi connectivity index (χ1n) is 9.80. The molecule has 0 radical (unpaired) electrons. The van der Waals surface area contributed by atoms with Crippen molar-refractivity contribution in [3.8, 4) is 17.0 Å². The number of aromatic amines is 1. The minimum atomic E-state index is -0.566. The van der Waals surface area contributed by atoms with Crippen LogP contribution in [0.4, 0.5) is 5.95 Å². The molecule has 1 aliphatic carbocycles. The maximum atomic E-state index is 10.2. The molecule has 0 spiro atoms. The fourth-order valence-electron chi connectivity index (χ4n) is 4.01. The molecule has 4 aromatic rings. The molecule has 0 aromatic carbocycles. The fourth-order valence-corrected chi connectivity index (χ4v) is 4.01. The van der Waals surface area contributed by atoms with Gasteiger partial charge in [0.2, 0.25) is 18.0 Å². The number of nitrogens with zero attached hydrogens (tertiary/aromatic N) is 5. The molecule has 0 bridgehead atoms. The zero-order chi connectivity index (χ0) is 20.0. The summed E-state index contributed by atoms with van der Waals surface area (Å²) in [7, 11) is 1.62. The van der Waals surface area contributed by atoms with Gasteiger partial charge in [-0.3, -0.25) is 0 Å². The highest BCUT2D eigenvalue weighted by molar-refractivity contribution is 5.97. The summed E-state index contributed by atoms with van der Waals surface area (Å²) in [5.41, 5.74) is 2.12. The summed E-state index contributed by atoms with van der Waals surface area (Å²) in [6.45, 7) is 1.90. The van der Waals surface area contributed by atoms with Crippen LogP contribution in [0.1, 0.15) is 32.6 Å². The smallest absolute Gasteiger partial charge is 0.232 e. The number of nitrogens with one attached hydrogen (secondary N) is 2. The third-order valence-corrected chi connectivity index (χ3v) is 5.70. The van der Waals surface area contributed by atoms with Crippen LogP contribution in [0, 0.1) is 0 Å². The molecule has 0 saturated heterocycles. The van der Waals surface area contributed by atoms with Gasteiger partial charge in [-0.05, 0) is 32.6 Å². The predicted molar refractivity (Wildman–Crippen MR) is 107 cm³/mol. The lowest BCUT2D eigenvalue weighted by molar-refractivity contribution is -0.676. The summed E-state index contributed by atoms with van der Waals surface area (Å²) >= 11 is 0. The van der Waals surface area contributed by atoms with Crippen molar-refractivity contribution in [2.75, 3.05) is 12.4 Å². The summed E-state index contributed by atoms with van der Waals surface area (Å²) in [5.74, 6) is 1.06. The third-order valence-electron chi connectivity index (χ3n) is 5.70. The number of anilines is 1. The molecule has 1 fully saturated rings. The highest BCUT2D eigenvalue weighted by Gasteiger charge is 2.29. The lowest BCUT2D eigenvalue weighted by Crippen LogP contribution is -2.36. The van der Waals surface area contributed by atoms with Crippen LogP contribution in [0.2, 0.25) is 0 Å². The number of methoxy groups -OCH3 is 1. The first-order chi connectivity index (χ1) is 14.0. The second-order valence-electron chi connectivity index (χ2n) is 7.91. The van der Waals surface area contributed by atoms with Crippen LogP contribution in [0.5, 0.6) is 5.88 Å². The van der Waals surface area contributed by atoms with Crippen molar-refractivity contribution in [3.05, 3.63) is 37.1 Å². The van der Waals surface area contributed by atoms with Gasteiger partial charge < -0.3 is 20.1 Å². The average Bonchev–Trinajstić information content (AvgIpc) is 3.35. The Morgan fingerprint density at radius 3 is 2.97 bits per heavy atom. The van der Waals surface area contributed by atoms with Crippen molar-refractivity contribution in [1.29, 1.82) is 0 Å². The summed E-state index contributed by atoms with van der Waals surface area (Å²) < 4.78 is 9.25. The second kappa shape index (κ2) is 6.70. The Morgan fingerprint density at radius 2 is 2.17 bits per heavy atom. The second-order valence-corrected chi connectivity index (χ2v) is 7.91. The van der Waals surface area contributed by atoms with Gasteiger partial charge in [-0.2, -0.15) is 9.97 Å². The first-order valence-corrected chi connectivity index (χ1v) is 9.80.